The number of piperazine rings is 1. The Morgan fingerprint density at radius 3 is 2.85 bits per heavy atom. The zero-order valence-corrected chi connectivity index (χ0v) is 12.8. The van der Waals surface area contributed by atoms with Crippen LogP contribution in [-0.2, 0) is 15.3 Å². The molecule has 1 N–H and O–H groups in total. The Morgan fingerprint density at radius 1 is 1.45 bits per heavy atom. The van der Waals surface area contributed by atoms with Gasteiger partial charge in [0.1, 0.15) is 6.04 Å². The maximum Gasteiger partial charge on any atom is 0.242 e. The average Bonchev–Trinajstić information content (AvgIpc) is 2.44. The summed E-state index contributed by atoms with van der Waals surface area (Å²) in [5, 5.41) is 3.46. The van der Waals surface area contributed by atoms with Crippen LogP contribution in [0.3, 0.4) is 0 Å². The number of halogens is 1. The summed E-state index contributed by atoms with van der Waals surface area (Å²) in [7, 11) is 0. The smallest absolute Gasteiger partial charge is 0.242 e. The summed E-state index contributed by atoms with van der Waals surface area (Å²) in [6.45, 7) is 2.89. The van der Waals surface area contributed by atoms with Crippen LogP contribution in [0.15, 0.2) is 24.3 Å². The minimum atomic E-state index is -0.368. The van der Waals surface area contributed by atoms with Crippen LogP contribution in [0.25, 0.3) is 0 Å². The zero-order valence-electron chi connectivity index (χ0n) is 11.3. The van der Waals surface area contributed by atoms with Crippen molar-refractivity contribution in [1.29, 1.82) is 0 Å². The molecule has 108 valence electrons. The van der Waals surface area contributed by atoms with Gasteiger partial charge in [-0.3, -0.25) is 9.59 Å². The third-order valence-electron chi connectivity index (χ3n) is 3.23. The maximum atomic E-state index is 12.1. The van der Waals surface area contributed by atoms with Crippen molar-refractivity contribution >= 4 is 35.2 Å². The summed E-state index contributed by atoms with van der Waals surface area (Å²) in [4.78, 5) is 25.3. The highest BCUT2D eigenvalue weighted by Gasteiger charge is 2.28. The molecule has 0 bridgehead atoms. The molecule has 1 heterocycles. The second-order valence-corrected chi connectivity index (χ2v) is 6.10. The highest BCUT2D eigenvalue weighted by Crippen LogP contribution is 2.16. The monoisotopic (exact) mass is 312 g/mol. The molecular formula is C14H17ClN2O2S. The predicted octanol–water partition coefficient (Wildman–Crippen LogP) is 1.92. The molecule has 0 aromatic heterocycles. The summed E-state index contributed by atoms with van der Waals surface area (Å²) < 4.78 is 0. The first-order chi connectivity index (χ1) is 9.58. The van der Waals surface area contributed by atoms with Crippen molar-refractivity contribution in [3.05, 3.63) is 34.9 Å². The second kappa shape index (κ2) is 6.99. The SMILES string of the molecule is CC1C(=O)NCCN1C(=O)CSCc1ccc(Cl)cc1. The third-order valence-corrected chi connectivity index (χ3v) is 4.47. The van der Waals surface area contributed by atoms with Crippen LogP contribution in [0.2, 0.25) is 5.02 Å². The van der Waals surface area contributed by atoms with E-state index >= 15 is 0 Å². The van der Waals surface area contributed by atoms with Gasteiger partial charge < -0.3 is 10.2 Å². The molecule has 1 aliphatic rings. The summed E-state index contributed by atoms with van der Waals surface area (Å²) in [5.74, 6) is 1.09. The highest BCUT2D eigenvalue weighted by atomic mass is 35.5. The van der Waals surface area contributed by atoms with E-state index < -0.39 is 0 Å². The van der Waals surface area contributed by atoms with Crippen LogP contribution in [0, 0.1) is 0 Å². The number of amides is 2. The Morgan fingerprint density at radius 2 is 2.15 bits per heavy atom. The lowest BCUT2D eigenvalue weighted by molar-refractivity contribution is -0.140. The molecule has 2 amide bonds. The molecule has 1 fully saturated rings. The molecular weight excluding hydrogens is 296 g/mol. The topological polar surface area (TPSA) is 49.4 Å². The van der Waals surface area contributed by atoms with Gasteiger partial charge in [0, 0.05) is 23.9 Å². The molecule has 4 nitrogen and oxygen atoms in total. The Labute approximate surface area is 127 Å². The van der Waals surface area contributed by atoms with Crippen LogP contribution in [0.4, 0.5) is 0 Å². The van der Waals surface area contributed by atoms with Crippen molar-refractivity contribution in [2.45, 2.75) is 18.7 Å². The van der Waals surface area contributed by atoms with Gasteiger partial charge >= 0.3 is 0 Å². The van der Waals surface area contributed by atoms with Crippen LogP contribution in [0.5, 0.6) is 0 Å². The molecule has 0 saturated carbocycles. The van der Waals surface area contributed by atoms with Crippen molar-refractivity contribution in [3.8, 4) is 0 Å². The van der Waals surface area contributed by atoms with Gasteiger partial charge in [-0.1, -0.05) is 23.7 Å². The van der Waals surface area contributed by atoms with Crippen molar-refractivity contribution in [1.82, 2.24) is 10.2 Å². The van der Waals surface area contributed by atoms with Gasteiger partial charge in [-0.2, -0.15) is 0 Å². The van der Waals surface area contributed by atoms with E-state index in [1.165, 1.54) is 0 Å². The van der Waals surface area contributed by atoms with Crippen molar-refractivity contribution in [2.24, 2.45) is 0 Å². The second-order valence-electron chi connectivity index (χ2n) is 4.67. The first-order valence-electron chi connectivity index (χ1n) is 6.47. The predicted molar refractivity (Wildman–Crippen MR) is 81.8 cm³/mol. The van der Waals surface area contributed by atoms with E-state index in [9.17, 15) is 9.59 Å². The highest BCUT2D eigenvalue weighted by molar-refractivity contribution is 7.99. The Kier molecular flexibility index (Phi) is 5.31. The standard InChI is InChI=1S/C14H17ClN2O2S/c1-10-14(19)16-6-7-17(10)13(18)9-20-8-11-2-4-12(15)5-3-11/h2-5,10H,6-9H2,1H3,(H,16,19). The lowest BCUT2D eigenvalue weighted by atomic mass is 10.2. The summed E-state index contributed by atoms with van der Waals surface area (Å²) in [6.07, 6.45) is 0. The maximum absolute atomic E-state index is 12.1. The minimum absolute atomic E-state index is 0.0197. The molecule has 0 spiro atoms. The molecule has 0 aliphatic carbocycles. The Balaban J connectivity index is 1.80. The summed E-state index contributed by atoms with van der Waals surface area (Å²) in [6, 6.07) is 7.23. The molecule has 20 heavy (non-hydrogen) atoms. The number of thioether (sulfide) groups is 1. The van der Waals surface area contributed by atoms with Crippen molar-refractivity contribution in [3.63, 3.8) is 0 Å². The van der Waals surface area contributed by atoms with Gasteiger partial charge in [-0.15, -0.1) is 11.8 Å². The number of carbonyl (C=O) groups is 2. The fourth-order valence-corrected chi connectivity index (χ4v) is 3.04. The third kappa shape index (κ3) is 3.90. The first-order valence-corrected chi connectivity index (χ1v) is 8.00. The lowest BCUT2D eigenvalue weighted by Gasteiger charge is -2.32. The Bertz CT molecular complexity index is 492. The fourth-order valence-electron chi connectivity index (χ4n) is 2.04. The van der Waals surface area contributed by atoms with Gasteiger partial charge in [0.05, 0.1) is 5.75 Å². The van der Waals surface area contributed by atoms with Gasteiger partial charge in [0.15, 0.2) is 0 Å². The summed E-state index contributed by atoms with van der Waals surface area (Å²) in [5.41, 5.74) is 1.14. The fraction of sp³-hybridized carbons (Fsp3) is 0.429. The van der Waals surface area contributed by atoms with E-state index in [-0.39, 0.29) is 17.9 Å². The van der Waals surface area contributed by atoms with Crippen LogP contribution in [0.1, 0.15) is 12.5 Å². The van der Waals surface area contributed by atoms with E-state index in [4.69, 9.17) is 11.6 Å². The normalized spacial score (nSPS) is 18.8. The average molecular weight is 313 g/mol. The number of nitrogens with one attached hydrogen (secondary N) is 1. The van der Waals surface area contributed by atoms with Gasteiger partial charge in [-0.25, -0.2) is 0 Å². The molecule has 6 heteroatoms. The van der Waals surface area contributed by atoms with E-state index in [0.717, 1.165) is 11.3 Å². The first kappa shape index (κ1) is 15.2. The van der Waals surface area contributed by atoms with Crippen molar-refractivity contribution in [2.75, 3.05) is 18.8 Å². The number of hydrogen-bond donors (Lipinski definition) is 1. The minimum Gasteiger partial charge on any atom is -0.353 e. The molecule has 1 unspecified atom stereocenters. The molecule has 1 aromatic carbocycles. The lowest BCUT2D eigenvalue weighted by Crippen LogP contribution is -2.56. The quantitative estimate of drug-likeness (QED) is 0.924. The number of benzene rings is 1. The van der Waals surface area contributed by atoms with Gasteiger partial charge in [0.25, 0.3) is 0 Å². The van der Waals surface area contributed by atoms with Gasteiger partial charge in [-0.05, 0) is 24.6 Å². The van der Waals surface area contributed by atoms with E-state index in [1.54, 1.807) is 23.6 Å². The van der Waals surface area contributed by atoms with Gasteiger partial charge in [0.2, 0.25) is 11.8 Å². The number of nitrogens with zero attached hydrogens (tertiary/aromatic N) is 1. The largest absolute Gasteiger partial charge is 0.353 e. The Hall–Kier alpha value is -1.20. The zero-order chi connectivity index (χ0) is 14.5. The van der Waals surface area contributed by atoms with E-state index in [2.05, 4.69) is 5.32 Å². The van der Waals surface area contributed by atoms with E-state index in [0.29, 0.717) is 23.9 Å². The molecule has 1 aromatic rings. The summed E-state index contributed by atoms with van der Waals surface area (Å²) >= 11 is 7.37. The molecule has 1 saturated heterocycles. The van der Waals surface area contributed by atoms with Crippen molar-refractivity contribution < 1.29 is 9.59 Å². The molecule has 0 radical (unpaired) electrons. The number of carbonyl (C=O) groups excluding carboxylic acids is 2. The van der Waals surface area contributed by atoms with Crippen LogP contribution < -0.4 is 5.32 Å². The molecule has 2 rings (SSSR count). The number of hydrogen-bond acceptors (Lipinski definition) is 3. The van der Waals surface area contributed by atoms with Crippen LogP contribution >= 0.6 is 23.4 Å². The van der Waals surface area contributed by atoms with Crippen LogP contribution in [-0.4, -0.2) is 41.6 Å². The van der Waals surface area contributed by atoms with E-state index in [1.807, 2.05) is 24.3 Å². The molecule has 1 atom stereocenters. The number of rotatable bonds is 4. The molecule has 1 aliphatic heterocycles.